The van der Waals surface area contributed by atoms with Crippen LogP contribution in [0, 0.1) is 0 Å². The second-order valence-electron chi connectivity index (χ2n) is 9.14. The fourth-order valence-corrected chi connectivity index (χ4v) is 4.87. The Kier molecular flexibility index (Phi) is 7.56. The van der Waals surface area contributed by atoms with Gasteiger partial charge in [-0.2, -0.15) is 0 Å². The van der Waals surface area contributed by atoms with E-state index in [1.807, 2.05) is 6.07 Å². The van der Waals surface area contributed by atoms with Crippen molar-refractivity contribution in [3.05, 3.63) is 90.0 Å². The summed E-state index contributed by atoms with van der Waals surface area (Å²) in [5.74, 6) is 1.12. The van der Waals surface area contributed by atoms with E-state index in [0.29, 0.717) is 18.3 Å². The van der Waals surface area contributed by atoms with Crippen LogP contribution in [0.4, 0.5) is 5.69 Å². The van der Waals surface area contributed by atoms with E-state index in [2.05, 4.69) is 72.2 Å². The summed E-state index contributed by atoms with van der Waals surface area (Å²) in [7, 11) is -3.72. The molecule has 3 aromatic carbocycles. The third kappa shape index (κ3) is 6.17. The molecule has 0 amide bonds. The van der Waals surface area contributed by atoms with Gasteiger partial charge in [0, 0.05) is 31.9 Å². The molecule has 7 heteroatoms. The molecule has 1 saturated heterocycles. The second-order valence-corrected chi connectivity index (χ2v) is 10.7. The van der Waals surface area contributed by atoms with Crippen molar-refractivity contribution in [2.75, 3.05) is 31.1 Å². The van der Waals surface area contributed by atoms with Crippen LogP contribution in [0.15, 0.2) is 83.8 Å². The third-order valence-electron chi connectivity index (χ3n) is 6.30. The predicted octanol–water partition coefficient (Wildman–Crippen LogP) is 4.23. The van der Waals surface area contributed by atoms with Gasteiger partial charge in [-0.25, -0.2) is 13.6 Å². The normalized spacial score (nSPS) is 17.2. The lowest BCUT2D eigenvalue weighted by atomic mass is 10.0. The zero-order valence-corrected chi connectivity index (χ0v) is 20.6. The average Bonchev–Trinajstić information content (AvgIpc) is 2.83. The van der Waals surface area contributed by atoms with Gasteiger partial charge in [0.15, 0.2) is 0 Å². The van der Waals surface area contributed by atoms with Crippen LogP contribution < -0.4 is 14.8 Å². The Hall–Kier alpha value is -2.87. The Morgan fingerprint density at radius 3 is 2.24 bits per heavy atom. The van der Waals surface area contributed by atoms with E-state index in [1.165, 1.54) is 28.9 Å². The number of nitrogens with zero attached hydrogens (tertiary/aromatic N) is 2. The zero-order valence-electron chi connectivity index (χ0n) is 19.8. The molecule has 0 saturated carbocycles. The van der Waals surface area contributed by atoms with Gasteiger partial charge in [0.05, 0.1) is 10.9 Å². The maximum atomic E-state index is 11.5. The van der Waals surface area contributed by atoms with Crippen molar-refractivity contribution < 1.29 is 13.2 Å². The van der Waals surface area contributed by atoms with Crippen LogP contribution in [-0.2, 0) is 16.6 Å². The number of nitrogens with two attached hydrogens (primary N) is 1. The van der Waals surface area contributed by atoms with Gasteiger partial charge in [-0.1, -0.05) is 56.3 Å². The Bertz CT molecular complexity index is 1160. The minimum absolute atomic E-state index is 0.0819. The van der Waals surface area contributed by atoms with Gasteiger partial charge in [-0.05, 0) is 53.4 Å². The lowest BCUT2D eigenvalue weighted by Crippen LogP contribution is -2.55. The summed E-state index contributed by atoms with van der Waals surface area (Å²) in [5, 5.41) is 5.21. The van der Waals surface area contributed by atoms with Crippen LogP contribution in [-0.4, -0.2) is 45.6 Å². The van der Waals surface area contributed by atoms with Crippen molar-refractivity contribution in [2.24, 2.45) is 5.14 Å². The van der Waals surface area contributed by atoms with Gasteiger partial charge in [0.1, 0.15) is 12.4 Å². The Morgan fingerprint density at radius 1 is 0.941 bits per heavy atom. The monoisotopic (exact) mass is 479 g/mol. The Morgan fingerprint density at radius 2 is 1.62 bits per heavy atom. The van der Waals surface area contributed by atoms with Gasteiger partial charge >= 0.3 is 0 Å². The van der Waals surface area contributed by atoms with Crippen LogP contribution >= 0.6 is 0 Å². The van der Waals surface area contributed by atoms with E-state index in [1.54, 1.807) is 12.1 Å². The molecule has 3 aromatic rings. The van der Waals surface area contributed by atoms with Gasteiger partial charge in [-0.15, -0.1) is 0 Å². The van der Waals surface area contributed by atoms with Crippen molar-refractivity contribution in [1.82, 2.24) is 4.90 Å². The smallest absolute Gasteiger partial charge is 0.238 e. The van der Waals surface area contributed by atoms with E-state index in [4.69, 9.17) is 9.88 Å². The predicted molar refractivity (Wildman–Crippen MR) is 137 cm³/mol. The maximum Gasteiger partial charge on any atom is 0.238 e. The van der Waals surface area contributed by atoms with E-state index in [9.17, 15) is 8.42 Å². The zero-order chi connectivity index (χ0) is 24.1. The number of rotatable bonds is 8. The van der Waals surface area contributed by atoms with Gasteiger partial charge in [0.2, 0.25) is 10.0 Å². The number of hydrogen-bond acceptors (Lipinski definition) is 5. The molecule has 0 bridgehead atoms. The highest BCUT2D eigenvalue weighted by atomic mass is 32.2. The number of primary sulfonamides is 1. The average molecular weight is 480 g/mol. The summed E-state index contributed by atoms with van der Waals surface area (Å²) in [5.41, 5.74) is 3.83. The molecule has 0 spiro atoms. The van der Waals surface area contributed by atoms with Crippen LogP contribution in [0.25, 0.3) is 0 Å². The molecule has 1 aliphatic heterocycles. The first-order valence-electron chi connectivity index (χ1n) is 11.7. The molecule has 4 rings (SSSR count). The third-order valence-corrected chi connectivity index (χ3v) is 7.23. The topological polar surface area (TPSA) is 75.9 Å². The molecule has 6 nitrogen and oxygen atoms in total. The van der Waals surface area contributed by atoms with Crippen LogP contribution in [0.5, 0.6) is 5.75 Å². The molecular weight excluding hydrogens is 446 g/mol. The number of hydrogen-bond donors (Lipinski definition) is 1. The lowest BCUT2D eigenvalue weighted by molar-refractivity contribution is 0.174. The second kappa shape index (κ2) is 10.6. The quantitative estimate of drug-likeness (QED) is 0.523. The number of benzene rings is 3. The van der Waals surface area contributed by atoms with E-state index >= 15 is 0 Å². The van der Waals surface area contributed by atoms with Crippen LogP contribution in [0.3, 0.4) is 0 Å². The maximum absolute atomic E-state index is 11.5. The summed E-state index contributed by atoms with van der Waals surface area (Å²) in [6, 6.07) is 25.8. The molecule has 180 valence electrons. The number of piperazine rings is 1. The van der Waals surface area contributed by atoms with Crippen molar-refractivity contribution >= 4 is 15.7 Å². The molecule has 1 aliphatic rings. The molecular formula is C27H33N3O3S. The molecule has 1 atom stereocenters. The van der Waals surface area contributed by atoms with E-state index in [-0.39, 0.29) is 10.9 Å². The van der Waals surface area contributed by atoms with Gasteiger partial charge in [0.25, 0.3) is 0 Å². The van der Waals surface area contributed by atoms with Crippen molar-refractivity contribution in [3.8, 4) is 5.75 Å². The van der Waals surface area contributed by atoms with Gasteiger partial charge in [-0.3, -0.25) is 4.90 Å². The Labute approximate surface area is 203 Å². The highest BCUT2D eigenvalue weighted by Gasteiger charge is 2.28. The van der Waals surface area contributed by atoms with Gasteiger partial charge < -0.3 is 9.64 Å². The minimum Gasteiger partial charge on any atom is -0.491 e. The van der Waals surface area contributed by atoms with E-state index < -0.39 is 10.0 Å². The SMILES string of the molecule is CC(C)c1ccc(N2CCN(Cc3ccccc3)CC2COc2ccc(S(N)(=O)=O)cc2)cc1. The number of ether oxygens (including phenoxy) is 1. The summed E-state index contributed by atoms with van der Waals surface area (Å²) in [6.45, 7) is 8.56. The van der Waals surface area contributed by atoms with E-state index in [0.717, 1.165) is 26.2 Å². The van der Waals surface area contributed by atoms with Crippen molar-refractivity contribution in [1.29, 1.82) is 0 Å². The molecule has 1 fully saturated rings. The first kappa shape index (κ1) is 24.3. The standard InChI is InChI=1S/C27H33N3O3S/c1-21(2)23-8-10-24(11-9-23)30-17-16-29(18-22-6-4-3-5-7-22)19-25(30)20-33-26-12-14-27(15-13-26)34(28,31)32/h3-15,21,25H,16-20H2,1-2H3,(H2,28,31,32). The van der Waals surface area contributed by atoms with Crippen LogP contribution in [0.1, 0.15) is 30.9 Å². The number of anilines is 1. The minimum atomic E-state index is -3.72. The fourth-order valence-electron chi connectivity index (χ4n) is 4.36. The summed E-state index contributed by atoms with van der Waals surface area (Å²) >= 11 is 0. The molecule has 1 unspecified atom stereocenters. The summed E-state index contributed by atoms with van der Waals surface area (Å²) < 4.78 is 29.2. The molecule has 34 heavy (non-hydrogen) atoms. The Balaban J connectivity index is 1.49. The van der Waals surface area contributed by atoms with Crippen molar-refractivity contribution in [2.45, 2.75) is 37.2 Å². The first-order chi connectivity index (χ1) is 16.3. The highest BCUT2D eigenvalue weighted by Crippen LogP contribution is 2.25. The first-order valence-corrected chi connectivity index (χ1v) is 13.2. The molecule has 0 aromatic heterocycles. The summed E-state index contributed by atoms with van der Waals surface area (Å²) in [4.78, 5) is 4.97. The molecule has 0 radical (unpaired) electrons. The molecule has 0 aliphatic carbocycles. The van der Waals surface area contributed by atoms with Crippen molar-refractivity contribution in [3.63, 3.8) is 0 Å². The summed E-state index contributed by atoms with van der Waals surface area (Å²) in [6.07, 6.45) is 0. The van der Waals surface area contributed by atoms with Crippen LogP contribution in [0.2, 0.25) is 0 Å². The molecule has 1 heterocycles. The fraction of sp³-hybridized carbons (Fsp3) is 0.333. The molecule has 2 N–H and O–H groups in total. The number of sulfonamides is 1. The lowest BCUT2D eigenvalue weighted by Gasteiger charge is -2.42. The largest absolute Gasteiger partial charge is 0.491 e. The highest BCUT2D eigenvalue weighted by molar-refractivity contribution is 7.89.